The van der Waals surface area contributed by atoms with Gasteiger partial charge in [-0.25, -0.2) is 0 Å². The number of carboxylic acid groups (broad SMARTS) is 1. The fraction of sp³-hybridized carbons (Fsp3) is 0.727. The molecule has 26 heavy (non-hydrogen) atoms. The topological polar surface area (TPSA) is 63.6 Å². The van der Waals surface area contributed by atoms with Crippen molar-refractivity contribution in [3.8, 4) is 0 Å². The van der Waals surface area contributed by atoms with E-state index in [0.29, 0.717) is 12.5 Å². The Hall–Kier alpha value is -1.58. The molecule has 0 aromatic heterocycles. The van der Waals surface area contributed by atoms with Crippen molar-refractivity contribution in [1.82, 2.24) is 0 Å². The van der Waals surface area contributed by atoms with Gasteiger partial charge in [0.25, 0.3) is 0 Å². The molecule has 0 bridgehead atoms. The molecule has 4 unspecified atom stereocenters. The predicted molar refractivity (Wildman–Crippen MR) is 103 cm³/mol. The second-order valence-electron chi connectivity index (χ2n) is 8.78. The summed E-state index contributed by atoms with van der Waals surface area (Å²) in [6, 6.07) is 0. The van der Waals surface area contributed by atoms with E-state index in [1.54, 1.807) is 0 Å². The number of carbonyl (C=O) groups is 2. The second-order valence-corrected chi connectivity index (χ2v) is 8.78. The Bertz CT molecular complexity index is 605. The van der Waals surface area contributed by atoms with E-state index in [2.05, 4.69) is 20.4 Å². The van der Waals surface area contributed by atoms with Crippen molar-refractivity contribution in [3.63, 3.8) is 0 Å². The third-order valence-corrected chi connectivity index (χ3v) is 7.05. The molecular weight excluding hydrogens is 328 g/mol. The zero-order valence-corrected chi connectivity index (χ0v) is 16.8. The van der Waals surface area contributed by atoms with Gasteiger partial charge in [0.05, 0.1) is 5.41 Å². The SMILES string of the molecule is C=C1CCC2C(C)(C(=O)O)CCCC2(C)C1CC/C(C)=C\COC(C)=O. The smallest absolute Gasteiger partial charge is 0.309 e. The van der Waals surface area contributed by atoms with Crippen LogP contribution in [0.15, 0.2) is 23.8 Å². The lowest BCUT2D eigenvalue weighted by molar-refractivity contribution is -0.164. The standard InChI is InChI=1S/C22H34O4/c1-15(11-14-26-17(3)23)7-9-18-16(2)8-10-19-21(18,4)12-6-13-22(19,5)20(24)25/h11,18-19H,2,6-10,12-14H2,1,3-5H3,(H,24,25)/b15-11-. The molecule has 146 valence electrons. The number of esters is 1. The molecular formula is C22H34O4. The van der Waals surface area contributed by atoms with Gasteiger partial charge in [-0.15, -0.1) is 0 Å². The van der Waals surface area contributed by atoms with Crippen molar-refractivity contribution in [2.24, 2.45) is 22.7 Å². The van der Waals surface area contributed by atoms with E-state index in [-0.39, 0.29) is 17.3 Å². The lowest BCUT2D eigenvalue weighted by atomic mass is 9.46. The number of fused-ring (bicyclic) bond motifs is 1. The van der Waals surface area contributed by atoms with Crippen LogP contribution in [0.5, 0.6) is 0 Å². The van der Waals surface area contributed by atoms with E-state index >= 15 is 0 Å². The number of rotatable bonds is 6. The zero-order chi connectivity index (χ0) is 19.5. The molecule has 2 saturated carbocycles. The maximum absolute atomic E-state index is 12.0. The van der Waals surface area contributed by atoms with Crippen LogP contribution in [0.25, 0.3) is 0 Å². The molecule has 4 heteroatoms. The number of hydrogen-bond acceptors (Lipinski definition) is 3. The molecule has 1 N–H and O–H groups in total. The number of ether oxygens (including phenoxy) is 1. The highest BCUT2D eigenvalue weighted by Gasteiger charge is 2.57. The van der Waals surface area contributed by atoms with E-state index in [0.717, 1.165) is 44.9 Å². The van der Waals surface area contributed by atoms with E-state index in [1.807, 2.05) is 13.0 Å². The summed E-state index contributed by atoms with van der Waals surface area (Å²) in [7, 11) is 0. The monoisotopic (exact) mass is 362 g/mol. The Morgan fingerprint density at radius 2 is 2.00 bits per heavy atom. The van der Waals surface area contributed by atoms with Crippen LogP contribution in [0.3, 0.4) is 0 Å². The summed E-state index contributed by atoms with van der Waals surface area (Å²) in [4.78, 5) is 22.9. The summed E-state index contributed by atoms with van der Waals surface area (Å²) >= 11 is 0. The van der Waals surface area contributed by atoms with Gasteiger partial charge in [0.2, 0.25) is 0 Å². The van der Waals surface area contributed by atoms with E-state index < -0.39 is 11.4 Å². The van der Waals surface area contributed by atoms with E-state index in [4.69, 9.17) is 4.74 Å². The lowest BCUT2D eigenvalue weighted by Crippen LogP contribution is -2.53. The molecule has 4 nitrogen and oxygen atoms in total. The van der Waals surface area contributed by atoms with Crippen LogP contribution in [0.4, 0.5) is 0 Å². The van der Waals surface area contributed by atoms with Gasteiger partial charge in [-0.3, -0.25) is 9.59 Å². The quantitative estimate of drug-likeness (QED) is 0.525. The predicted octanol–water partition coefficient (Wildman–Crippen LogP) is 5.14. The summed E-state index contributed by atoms with van der Waals surface area (Å²) < 4.78 is 4.99. The van der Waals surface area contributed by atoms with Crippen LogP contribution < -0.4 is 0 Å². The third-order valence-electron chi connectivity index (χ3n) is 7.05. The second kappa shape index (κ2) is 7.98. The first-order chi connectivity index (χ1) is 12.1. The molecule has 0 aromatic carbocycles. The summed E-state index contributed by atoms with van der Waals surface area (Å²) in [5.74, 6) is -0.336. The van der Waals surface area contributed by atoms with Gasteiger partial charge < -0.3 is 9.84 Å². The van der Waals surface area contributed by atoms with Gasteiger partial charge in [0, 0.05) is 6.92 Å². The number of carbonyl (C=O) groups excluding carboxylic acids is 1. The maximum Gasteiger partial charge on any atom is 0.309 e. The van der Waals surface area contributed by atoms with Crippen LogP contribution in [-0.2, 0) is 14.3 Å². The summed E-state index contributed by atoms with van der Waals surface area (Å²) in [6.45, 7) is 12.4. The molecule has 0 aromatic rings. The minimum Gasteiger partial charge on any atom is -0.481 e. The Kier molecular flexibility index (Phi) is 6.36. The molecule has 0 heterocycles. The summed E-state index contributed by atoms with van der Waals surface area (Å²) in [5, 5.41) is 9.89. The zero-order valence-electron chi connectivity index (χ0n) is 16.8. The van der Waals surface area contributed by atoms with Crippen LogP contribution in [0, 0.1) is 22.7 Å². The largest absolute Gasteiger partial charge is 0.481 e. The van der Waals surface area contributed by atoms with Crippen molar-refractivity contribution >= 4 is 11.9 Å². The highest BCUT2D eigenvalue weighted by molar-refractivity contribution is 5.75. The van der Waals surface area contributed by atoms with Gasteiger partial charge in [-0.05, 0) is 75.7 Å². The van der Waals surface area contributed by atoms with Gasteiger partial charge in [-0.1, -0.05) is 31.1 Å². The minimum atomic E-state index is -0.642. The molecule has 0 saturated heterocycles. The lowest BCUT2D eigenvalue weighted by Gasteiger charge is -2.57. The van der Waals surface area contributed by atoms with Crippen molar-refractivity contribution in [3.05, 3.63) is 23.8 Å². The summed E-state index contributed by atoms with van der Waals surface area (Å²) in [6.07, 6.45) is 8.60. The maximum atomic E-state index is 12.0. The third kappa shape index (κ3) is 4.05. The van der Waals surface area contributed by atoms with Crippen molar-refractivity contribution in [1.29, 1.82) is 0 Å². The van der Waals surface area contributed by atoms with Crippen molar-refractivity contribution in [2.45, 2.75) is 72.6 Å². The Morgan fingerprint density at radius 1 is 1.31 bits per heavy atom. The Morgan fingerprint density at radius 3 is 2.62 bits per heavy atom. The van der Waals surface area contributed by atoms with Gasteiger partial charge in [-0.2, -0.15) is 0 Å². The molecule has 2 rings (SSSR count). The van der Waals surface area contributed by atoms with Gasteiger partial charge in [0.15, 0.2) is 0 Å². The van der Waals surface area contributed by atoms with Crippen LogP contribution in [0.1, 0.15) is 72.6 Å². The average molecular weight is 363 g/mol. The first kappa shape index (κ1) is 20.7. The first-order valence-corrected chi connectivity index (χ1v) is 9.81. The van der Waals surface area contributed by atoms with E-state index in [9.17, 15) is 14.7 Å². The Balaban J connectivity index is 2.13. The normalized spacial score (nSPS) is 34.9. The van der Waals surface area contributed by atoms with Crippen LogP contribution in [0.2, 0.25) is 0 Å². The van der Waals surface area contributed by atoms with Crippen LogP contribution >= 0.6 is 0 Å². The highest BCUT2D eigenvalue weighted by Crippen LogP contribution is 2.62. The van der Waals surface area contributed by atoms with Gasteiger partial charge >= 0.3 is 11.9 Å². The Labute approximate surface area is 157 Å². The molecule has 0 radical (unpaired) electrons. The van der Waals surface area contributed by atoms with Crippen molar-refractivity contribution in [2.75, 3.05) is 6.61 Å². The fourth-order valence-corrected chi connectivity index (χ4v) is 5.51. The first-order valence-electron chi connectivity index (χ1n) is 9.81. The van der Waals surface area contributed by atoms with Crippen molar-refractivity contribution < 1.29 is 19.4 Å². The van der Waals surface area contributed by atoms with E-state index in [1.165, 1.54) is 18.1 Å². The molecule has 0 spiro atoms. The number of carboxylic acids is 1. The number of allylic oxidation sites excluding steroid dienone is 2. The fourth-order valence-electron chi connectivity index (χ4n) is 5.51. The van der Waals surface area contributed by atoms with Gasteiger partial charge in [0.1, 0.15) is 6.61 Å². The molecule has 0 amide bonds. The minimum absolute atomic E-state index is 0.0108. The van der Waals surface area contributed by atoms with Crippen LogP contribution in [-0.4, -0.2) is 23.7 Å². The molecule has 2 aliphatic rings. The molecule has 0 aliphatic heterocycles. The molecule has 4 atom stereocenters. The highest BCUT2D eigenvalue weighted by atomic mass is 16.5. The number of aliphatic carboxylic acids is 1. The average Bonchev–Trinajstić information content (AvgIpc) is 2.53. The summed E-state index contributed by atoms with van der Waals surface area (Å²) in [5.41, 5.74) is 1.89. The molecule has 2 aliphatic carbocycles. The molecule has 2 fully saturated rings. The number of hydrogen-bond donors (Lipinski definition) is 1.